The number of carboxylic acid groups (broad SMARTS) is 1. The van der Waals surface area contributed by atoms with E-state index in [1.807, 2.05) is 0 Å². The van der Waals surface area contributed by atoms with Gasteiger partial charge in [0.15, 0.2) is 0 Å². The summed E-state index contributed by atoms with van der Waals surface area (Å²) in [5.74, 6) is -1.17. The molecule has 4 heteroatoms. The van der Waals surface area contributed by atoms with Crippen molar-refractivity contribution in [2.75, 3.05) is 11.4 Å². The summed E-state index contributed by atoms with van der Waals surface area (Å²) < 4.78 is 0. The van der Waals surface area contributed by atoms with Crippen LogP contribution in [-0.2, 0) is 4.79 Å². The summed E-state index contributed by atoms with van der Waals surface area (Å²) >= 11 is 0. The largest absolute Gasteiger partial charge is 0.545 e. The summed E-state index contributed by atoms with van der Waals surface area (Å²) in [6.07, 6.45) is 1.37. The highest BCUT2D eigenvalue weighted by Crippen LogP contribution is 2.21. The van der Waals surface area contributed by atoms with E-state index in [9.17, 15) is 14.7 Å². The number of aromatic carboxylic acids is 1. The van der Waals surface area contributed by atoms with Crippen LogP contribution < -0.4 is 10.0 Å². The molecule has 0 unspecified atom stereocenters. The van der Waals surface area contributed by atoms with E-state index in [1.54, 1.807) is 17.0 Å². The van der Waals surface area contributed by atoms with Crippen molar-refractivity contribution in [1.29, 1.82) is 0 Å². The minimum absolute atomic E-state index is 0.0468. The fourth-order valence-electron chi connectivity index (χ4n) is 1.72. The van der Waals surface area contributed by atoms with Gasteiger partial charge in [-0.2, -0.15) is 0 Å². The zero-order valence-corrected chi connectivity index (χ0v) is 8.10. The predicted molar refractivity (Wildman–Crippen MR) is 52.4 cm³/mol. The van der Waals surface area contributed by atoms with Crippen LogP contribution in [0.5, 0.6) is 0 Å². The Hall–Kier alpha value is -1.84. The molecule has 1 aliphatic rings. The van der Waals surface area contributed by atoms with Crippen molar-refractivity contribution in [3.8, 4) is 0 Å². The molecule has 0 aromatic heterocycles. The first-order valence-corrected chi connectivity index (χ1v) is 4.80. The van der Waals surface area contributed by atoms with Gasteiger partial charge in [0.05, 0.1) is 5.97 Å². The third kappa shape index (κ3) is 1.83. The maximum Gasteiger partial charge on any atom is 0.227 e. The lowest BCUT2D eigenvalue weighted by atomic mass is 10.2. The Balaban J connectivity index is 2.32. The minimum atomic E-state index is -1.22. The standard InChI is InChI=1S/C11H11NO3/c13-10-5-2-6-12(10)9-4-1-3-8(7-9)11(14)15/h1,3-4,7H,2,5-6H2,(H,14,15)/p-1. The van der Waals surface area contributed by atoms with Gasteiger partial charge in [-0.3, -0.25) is 4.79 Å². The summed E-state index contributed by atoms with van der Waals surface area (Å²) in [5.41, 5.74) is 0.742. The summed E-state index contributed by atoms with van der Waals surface area (Å²) in [6, 6.07) is 6.28. The molecule has 0 aliphatic carbocycles. The van der Waals surface area contributed by atoms with Crippen LogP contribution in [-0.4, -0.2) is 18.4 Å². The first-order chi connectivity index (χ1) is 7.18. The van der Waals surface area contributed by atoms with E-state index in [-0.39, 0.29) is 11.5 Å². The van der Waals surface area contributed by atoms with E-state index < -0.39 is 5.97 Å². The fourth-order valence-corrected chi connectivity index (χ4v) is 1.72. The van der Waals surface area contributed by atoms with Crippen LogP contribution in [0.1, 0.15) is 23.2 Å². The summed E-state index contributed by atoms with van der Waals surface area (Å²) in [5, 5.41) is 10.6. The molecule has 1 heterocycles. The first-order valence-electron chi connectivity index (χ1n) is 4.80. The molecule has 0 spiro atoms. The van der Waals surface area contributed by atoms with Gasteiger partial charge in [-0.15, -0.1) is 0 Å². The summed E-state index contributed by atoms with van der Waals surface area (Å²) in [6.45, 7) is 0.662. The lowest BCUT2D eigenvalue weighted by molar-refractivity contribution is -0.255. The van der Waals surface area contributed by atoms with Gasteiger partial charge >= 0.3 is 0 Å². The number of carbonyl (C=O) groups excluding carboxylic acids is 2. The highest BCUT2D eigenvalue weighted by Gasteiger charge is 2.21. The molecular formula is C11H10NO3-. The predicted octanol–water partition coefficient (Wildman–Crippen LogP) is 0.177. The molecule has 78 valence electrons. The van der Waals surface area contributed by atoms with Crippen molar-refractivity contribution < 1.29 is 14.7 Å². The van der Waals surface area contributed by atoms with Crippen LogP contribution in [0, 0.1) is 0 Å². The molecule has 1 aromatic rings. The van der Waals surface area contributed by atoms with E-state index in [0.29, 0.717) is 18.7 Å². The first kappa shape index (κ1) is 9.71. The van der Waals surface area contributed by atoms with Gasteiger partial charge in [0, 0.05) is 18.7 Å². The molecule has 0 N–H and O–H groups in total. The fraction of sp³-hybridized carbons (Fsp3) is 0.273. The molecule has 1 aromatic carbocycles. The number of hydrogen-bond donors (Lipinski definition) is 0. The van der Waals surface area contributed by atoms with Crippen LogP contribution in [0.3, 0.4) is 0 Å². The Morgan fingerprint density at radius 2 is 2.20 bits per heavy atom. The lowest BCUT2D eigenvalue weighted by Gasteiger charge is -2.16. The van der Waals surface area contributed by atoms with Gasteiger partial charge in [0.2, 0.25) is 5.91 Å². The topological polar surface area (TPSA) is 60.4 Å². The average Bonchev–Trinajstić information content (AvgIpc) is 2.64. The number of benzene rings is 1. The maximum absolute atomic E-state index is 11.4. The number of amides is 1. The summed E-state index contributed by atoms with van der Waals surface area (Å²) in [4.78, 5) is 23.7. The highest BCUT2D eigenvalue weighted by atomic mass is 16.4. The smallest absolute Gasteiger partial charge is 0.227 e. The monoisotopic (exact) mass is 204 g/mol. The molecule has 4 nitrogen and oxygen atoms in total. The van der Waals surface area contributed by atoms with E-state index >= 15 is 0 Å². The Morgan fingerprint density at radius 3 is 2.80 bits per heavy atom. The van der Waals surface area contributed by atoms with Crippen molar-refractivity contribution in [2.24, 2.45) is 0 Å². The number of carbonyl (C=O) groups is 2. The Kier molecular flexibility index (Phi) is 2.41. The second kappa shape index (κ2) is 3.73. The normalized spacial score (nSPS) is 15.7. The quantitative estimate of drug-likeness (QED) is 0.690. The highest BCUT2D eigenvalue weighted by molar-refractivity contribution is 5.96. The molecule has 1 saturated heterocycles. The number of nitrogens with zero attached hydrogens (tertiary/aromatic N) is 1. The minimum Gasteiger partial charge on any atom is -0.545 e. The van der Waals surface area contributed by atoms with Crippen molar-refractivity contribution in [1.82, 2.24) is 0 Å². The van der Waals surface area contributed by atoms with Crippen LogP contribution in [0.2, 0.25) is 0 Å². The van der Waals surface area contributed by atoms with Gasteiger partial charge in [0.1, 0.15) is 0 Å². The van der Waals surface area contributed by atoms with Crippen LogP contribution in [0.25, 0.3) is 0 Å². The van der Waals surface area contributed by atoms with E-state index in [2.05, 4.69) is 0 Å². The molecule has 0 saturated carbocycles. The Morgan fingerprint density at radius 1 is 1.40 bits per heavy atom. The molecule has 0 radical (unpaired) electrons. The Bertz CT molecular complexity index is 414. The number of rotatable bonds is 2. The van der Waals surface area contributed by atoms with Crippen molar-refractivity contribution in [2.45, 2.75) is 12.8 Å². The third-order valence-electron chi connectivity index (χ3n) is 2.47. The zero-order valence-electron chi connectivity index (χ0n) is 8.10. The maximum atomic E-state index is 11.4. The number of anilines is 1. The second-order valence-electron chi connectivity index (χ2n) is 3.49. The van der Waals surface area contributed by atoms with Crippen LogP contribution in [0.4, 0.5) is 5.69 Å². The molecule has 1 fully saturated rings. The number of carboxylic acids is 1. The van der Waals surface area contributed by atoms with E-state index in [1.165, 1.54) is 12.1 Å². The molecule has 2 rings (SSSR count). The molecule has 1 amide bonds. The molecular weight excluding hydrogens is 194 g/mol. The molecule has 0 atom stereocenters. The third-order valence-corrected chi connectivity index (χ3v) is 2.47. The van der Waals surface area contributed by atoms with Gasteiger partial charge in [0.25, 0.3) is 0 Å². The van der Waals surface area contributed by atoms with Gasteiger partial charge in [-0.05, 0) is 24.1 Å². The van der Waals surface area contributed by atoms with Crippen LogP contribution in [0.15, 0.2) is 24.3 Å². The zero-order chi connectivity index (χ0) is 10.8. The SMILES string of the molecule is O=C([O-])c1cccc(N2CCCC2=O)c1. The van der Waals surface area contributed by atoms with Crippen molar-refractivity contribution in [3.63, 3.8) is 0 Å². The molecule has 1 aliphatic heterocycles. The van der Waals surface area contributed by atoms with E-state index in [4.69, 9.17) is 0 Å². The van der Waals surface area contributed by atoms with Gasteiger partial charge in [-0.25, -0.2) is 0 Å². The van der Waals surface area contributed by atoms with Crippen molar-refractivity contribution >= 4 is 17.6 Å². The lowest BCUT2D eigenvalue weighted by Crippen LogP contribution is -2.25. The summed E-state index contributed by atoms with van der Waals surface area (Å²) in [7, 11) is 0. The molecule has 15 heavy (non-hydrogen) atoms. The van der Waals surface area contributed by atoms with E-state index in [0.717, 1.165) is 6.42 Å². The molecule has 0 bridgehead atoms. The van der Waals surface area contributed by atoms with Gasteiger partial charge in [-0.1, -0.05) is 12.1 Å². The van der Waals surface area contributed by atoms with Crippen molar-refractivity contribution in [3.05, 3.63) is 29.8 Å². The van der Waals surface area contributed by atoms with Gasteiger partial charge < -0.3 is 14.8 Å². The average molecular weight is 204 g/mol. The van der Waals surface area contributed by atoms with Crippen LogP contribution >= 0.6 is 0 Å². The second-order valence-corrected chi connectivity index (χ2v) is 3.49. The number of hydrogen-bond acceptors (Lipinski definition) is 3. The Labute approximate surface area is 87.1 Å².